The number of aliphatic hydroxyl groups is 1. The van der Waals surface area contributed by atoms with E-state index in [1.165, 1.54) is 0 Å². The molecule has 2 atom stereocenters. The van der Waals surface area contributed by atoms with Crippen LogP contribution in [0.25, 0.3) is 28.3 Å². The van der Waals surface area contributed by atoms with Crippen LogP contribution in [0.15, 0.2) is 36.8 Å². The van der Waals surface area contributed by atoms with E-state index in [4.69, 9.17) is 9.72 Å². The third-order valence-electron chi connectivity index (χ3n) is 6.28. The third-order valence-corrected chi connectivity index (χ3v) is 6.28. The van der Waals surface area contributed by atoms with E-state index in [2.05, 4.69) is 20.7 Å². The van der Waals surface area contributed by atoms with Crippen LogP contribution in [-0.4, -0.2) is 67.1 Å². The van der Waals surface area contributed by atoms with Crippen molar-refractivity contribution in [1.82, 2.24) is 29.5 Å². The molecule has 178 valence electrons. The molecule has 10 heteroatoms. The number of amides is 1. The van der Waals surface area contributed by atoms with Crippen molar-refractivity contribution < 1.29 is 14.6 Å². The summed E-state index contributed by atoms with van der Waals surface area (Å²) in [6, 6.07) is 5.79. The summed E-state index contributed by atoms with van der Waals surface area (Å²) in [6.45, 7) is 3.94. The lowest BCUT2D eigenvalue weighted by Gasteiger charge is -2.35. The fourth-order valence-corrected chi connectivity index (χ4v) is 4.44. The zero-order valence-corrected chi connectivity index (χ0v) is 19.7. The Balaban J connectivity index is 1.54. The molecular weight excluding hydrogens is 434 g/mol. The fraction of sp³-hybridized carbons (Fsp3) is 0.417. The van der Waals surface area contributed by atoms with Gasteiger partial charge < -0.3 is 25.0 Å². The number of aromatic nitrogens is 5. The number of rotatable bonds is 7. The van der Waals surface area contributed by atoms with Crippen LogP contribution < -0.4 is 10.6 Å². The molecule has 1 saturated carbocycles. The van der Waals surface area contributed by atoms with Gasteiger partial charge in [0.15, 0.2) is 5.65 Å². The van der Waals surface area contributed by atoms with Crippen molar-refractivity contribution in [1.29, 1.82) is 0 Å². The summed E-state index contributed by atoms with van der Waals surface area (Å²) in [4.78, 5) is 22.5. The van der Waals surface area contributed by atoms with Crippen molar-refractivity contribution in [3.63, 3.8) is 0 Å². The molecule has 1 fully saturated rings. The van der Waals surface area contributed by atoms with Gasteiger partial charge in [-0.3, -0.25) is 4.79 Å². The van der Waals surface area contributed by atoms with Crippen LogP contribution in [0.1, 0.15) is 37.0 Å². The molecular formula is C24H29N7O3. The second-order valence-electron chi connectivity index (χ2n) is 9.36. The highest BCUT2D eigenvalue weighted by Crippen LogP contribution is 2.34. The Morgan fingerprint density at radius 3 is 2.79 bits per heavy atom. The van der Waals surface area contributed by atoms with Crippen molar-refractivity contribution in [2.24, 2.45) is 0 Å². The highest BCUT2D eigenvalue weighted by atomic mass is 16.5. The lowest BCUT2D eigenvalue weighted by molar-refractivity contribution is 0.00732. The van der Waals surface area contributed by atoms with Gasteiger partial charge in [-0.25, -0.2) is 9.97 Å². The quantitative estimate of drug-likeness (QED) is 0.385. The lowest BCUT2D eigenvalue weighted by atomic mass is 9.89. The van der Waals surface area contributed by atoms with E-state index in [0.29, 0.717) is 29.3 Å². The van der Waals surface area contributed by atoms with Gasteiger partial charge in [0.25, 0.3) is 5.91 Å². The van der Waals surface area contributed by atoms with Gasteiger partial charge in [0.05, 0.1) is 36.2 Å². The standard InChI is InChI=1S/C24H29N7O3/c1-24(2,33)13-30-9-5-6-14-15(11-26-21(14)30)18-10-20(25-3)31-22(28-18)16(12-27-31)23(32)29-17-7-8-19(17)34-4/h5-6,9-12,17,19,25,33H,7-8,13H2,1-4H3,(H,29,32). The van der Waals surface area contributed by atoms with Crippen molar-refractivity contribution >= 4 is 17.4 Å². The predicted molar refractivity (Wildman–Crippen MR) is 128 cm³/mol. The number of nitrogens with one attached hydrogen (secondary N) is 2. The Kier molecular flexibility index (Phi) is 5.49. The van der Waals surface area contributed by atoms with Crippen molar-refractivity contribution in [3.05, 3.63) is 42.4 Å². The van der Waals surface area contributed by atoms with Gasteiger partial charge in [-0.2, -0.15) is 9.61 Å². The van der Waals surface area contributed by atoms with Crippen LogP contribution >= 0.6 is 0 Å². The topological polar surface area (TPSA) is 119 Å². The van der Waals surface area contributed by atoms with Crippen LogP contribution in [0.5, 0.6) is 0 Å². The molecule has 3 N–H and O–H groups in total. The summed E-state index contributed by atoms with van der Waals surface area (Å²) in [5, 5.41) is 20.9. The number of carbonyl (C=O) groups excluding carboxylic acids is 1. The predicted octanol–water partition coefficient (Wildman–Crippen LogP) is 2.42. The Hall–Kier alpha value is -3.50. The molecule has 0 radical (unpaired) electrons. The summed E-state index contributed by atoms with van der Waals surface area (Å²) in [5.41, 5.74) is 2.41. The van der Waals surface area contributed by atoms with Crippen LogP contribution in [0.3, 0.4) is 0 Å². The monoisotopic (exact) mass is 463 g/mol. The van der Waals surface area contributed by atoms with Crippen LogP contribution in [-0.2, 0) is 11.3 Å². The van der Waals surface area contributed by atoms with Crippen LogP contribution in [0.4, 0.5) is 5.82 Å². The molecule has 0 bridgehead atoms. The van der Waals surface area contributed by atoms with Crippen molar-refractivity contribution in [2.45, 2.75) is 51.0 Å². The fourth-order valence-electron chi connectivity index (χ4n) is 4.44. The molecule has 2 aromatic heterocycles. The number of fused-ring (bicyclic) bond motifs is 2. The Bertz CT molecular complexity index is 1320. The average molecular weight is 464 g/mol. The Labute approximate surface area is 197 Å². The number of nitrogens with zero attached hydrogens (tertiary/aromatic N) is 5. The second kappa shape index (κ2) is 8.37. The van der Waals surface area contributed by atoms with Gasteiger partial charge in [-0.1, -0.05) is 0 Å². The van der Waals surface area contributed by atoms with Gasteiger partial charge in [0, 0.05) is 43.7 Å². The number of hydrogen-bond acceptors (Lipinski definition) is 7. The van der Waals surface area contributed by atoms with E-state index < -0.39 is 5.60 Å². The molecule has 10 nitrogen and oxygen atoms in total. The summed E-state index contributed by atoms with van der Waals surface area (Å²) in [6.07, 6.45) is 7.09. The van der Waals surface area contributed by atoms with E-state index in [9.17, 15) is 9.90 Å². The van der Waals surface area contributed by atoms with E-state index in [-0.39, 0.29) is 18.1 Å². The van der Waals surface area contributed by atoms with Crippen LogP contribution in [0, 0.1) is 0 Å². The summed E-state index contributed by atoms with van der Waals surface area (Å²) in [7, 11) is 3.46. The molecule has 2 unspecified atom stereocenters. The molecule has 5 rings (SSSR count). The Morgan fingerprint density at radius 1 is 1.29 bits per heavy atom. The first kappa shape index (κ1) is 22.3. The largest absolute Gasteiger partial charge is 0.389 e. The number of anilines is 1. The van der Waals surface area contributed by atoms with Gasteiger partial charge in [-0.15, -0.1) is 0 Å². The zero-order valence-electron chi connectivity index (χ0n) is 19.7. The third kappa shape index (κ3) is 3.88. The summed E-state index contributed by atoms with van der Waals surface area (Å²) < 4.78 is 8.96. The van der Waals surface area contributed by atoms with Gasteiger partial charge in [0.2, 0.25) is 0 Å². The maximum Gasteiger partial charge on any atom is 0.257 e. The maximum atomic E-state index is 13.1. The van der Waals surface area contributed by atoms with Gasteiger partial charge in [-0.05, 0) is 38.8 Å². The highest BCUT2D eigenvalue weighted by molar-refractivity contribution is 6.00. The van der Waals surface area contributed by atoms with Gasteiger partial charge in [0.1, 0.15) is 17.2 Å². The first-order valence-electron chi connectivity index (χ1n) is 11.4. The highest BCUT2D eigenvalue weighted by Gasteiger charge is 2.33. The van der Waals surface area contributed by atoms with Gasteiger partial charge >= 0.3 is 0 Å². The van der Waals surface area contributed by atoms with E-state index >= 15 is 0 Å². The molecule has 0 saturated heterocycles. The van der Waals surface area contributed by atoms with E-state index in [1.807, 2.05) is 29.0 Å². The molecule has 4 heterocycles. The van der Waals surface area contributed by atoms with Crippen molar-refractivity contribution in [2.75, 3.05) is 19.5 Å². The van der Waals surface area contributed by atoms with E-state index in [0.717, 1.165) is 29.8 Å². The molecule has 2 aliphatic heterocycles. The first-order valence-corrected chi connectivity index (χ1v) is 11.4. The molecule has 1 amide bonds. The minimum absolute atomic E-state index is 0.00570. The summed E-state index contributed by atoms with van der Waals surface area (Å²) in [5.74, 6) is 1.24. The molecule has 34 heavy (non-hydrogen) atoms. The molecule has 0 spiro atoms. The second-order valence-corrected chi connectivity index (χ2v) is 9.36. The SMILES string of the molecule is CNc1cc(-c2cnc3n(CC(C)(C)O)cccc2-3)nc2c(C(=O)NC3CCC3OC)cnn12. The van der Waals surface area contributed by atoms with Crippen molar-refractivity contribution in [3.8, 4) is 22.6 Å². The maximum absolute atomic E-state index is 13.1. The average Bonchev–Trinajstić information content (AvgIpc) is 3.40. The smallest absolute Gasteiger partial charge is 0.257 e. The zero-order chi connectivity index (χ0) is 24.0. The number of carbonyl (C=O) groups is 1. The number of pyridine rings is 1. The normalized spacial score (nSPS) is 18.3. The van der Waals surface area contributed by atoms with E-state index in [1.54, 1.807) is 44.9 Å². The number of ether oxygens (including phenoxy) is 1. The molecule has 0 aromatic carbocycles. The first-order chi connectivity index (χ1) is 16.3. The Morgan fingerprint density at radius 2 is 2.12 bits per heavy atom. The molecule has 2 aromatic rings. The minimum Gasteiger partial charge on any atom is -0.389 e. The minimum atomic E-state index is -0.878. The summed E-state index contributed by atoms with van der Waals surface area (Å²) >= 11 is 0. The van der Waals surface area contributed by atoms with Crippen LogP contribution in [0.2, 0.25) is 0 Å². The number of methoxy groups -OCH3 is 1. The molecule has 3 aliphatic rings. The lowest BCUT2D eigenvalue weighted by Crippen LogP contribution is -2.51. The number of hydrogen-bond donors (Lipinski definition) is 3. The molecule has 1 aliphatic carbocycles.